The summed E-state index contributed by atoms with van der Waals surface area (Å²) in [6.45, 7) is 1.95. The van der Waals surface area contributed by atoms with Crippen molar-refractivity contribution in [2.24, 2.45) is 5.18 Å². The summed E-state index contributed by atoms with van der Waals surface area (Å²) in [7, 11) is 0. The van der Waals surface area contributed by atoms with Gasteiger partial charge in [0.2, 0.25) is 5.91 Å². The second kappa shape index (κ2) is 9.31. The molecule has 0 fully saturated rings. The first kappa shape index (κ1) is 21.1. The van der Waals surface area contributed by atoms with Gasteiger partial charge < -0.3 is 15.7 Å². The number of benzene rings is 4. The van der Waals surface area contributed by atoms with Gasteiger partial charge in [-0.3, -0.25) is 4.79 Å². The number of nitroso groups, excluding NO2 is 1. The molecule has 0 radical (unpaired) electrons. The van der Waals surface area contributed by atoms with Gasteiger partial charge in [0, 0.05) is 22.9 Å². The van der Waals surface area contributed by atoms with Crippen LogP contribution >= 0.6 is 0 Å². The maximum atomic E-state index is 13.2. The Labute approximate surface area is 185 Å². The number of rotatable bonds is 7. The van der Waals surface area contributed by atoms with Gasteiger partial charge in [-0.15, -0.1) is 4.91 Å². The Bertz CT molecular complexity index is 1270. The lowest BCUT2D eigenvalue weighted by molar-refractivity contribution is -0.116. The normalized spacial score (nSPS) is 11.7. The minimum Gasteiger partial charge on any atom is -0.505 e. The third-order valence-corrected chi connectivity index (χ3v) is 5.31. The predicted molar refractivity (Wildman–Crippen MR) is 128 cm³/mol. The second-order valence-corrected chi connectivity index (χ2v) is 7.67. The molecule has 0 spiro atoms. The zero-order valence-electron chi connectivity index (χ0n) is 17.6. The largest absolute Gasteiger partial charge is 0.505 e. The van der Waals surface area contributed by atoms with Crippen LogP contribution in [0.5, 0.6) is 5.75 Å². The van der Waals surface area contributed by atoms with Crippen molar-refractivity contribution >= 4 is 33.7 Å². The van der Waals surface area contributed by atoms with E-state index in [0.29, 0.717) is 22.9 Å². The van der Waals surface area contributed by atoms with Gasteiger partial charge in [0.05, 0.1) is 5.69 Å². The van der Waals surface area contributed by atoms with Crippen LogP contribution in [-0.4, -0.2) is 17.1 Å². The van der Waals surface area contributed by atoms with E-state index < -0.39 is 6.04 Å². The number of aromatic hydroxyl groups is 1. The minimum absolute atomic E-state index is 0.0329. The molecule has 0 bridgehead atoms. The summed E-state index contributed by atoms with van der Waals surface area (Å²) in [6.07, 6.45) is 0.384. The van der Waals surface area contributed by atoms with E-state index in [0.717, 1.165) is 11.1 Å². The first-order valence-electron chi connectivity index (χ1n) is 10.3. The molecule has 32 heavy (non-hydrogen) atoms. The number of nitrogens with zero attached hydrogens (tertiary/aromatic N) is 1. The molecular formula is C26H23N3O3. The number of hydrogen-bond acceptors (Lipinski definition) is 5. The lowest BCUT2D eigenvalue weighted by atomic mass is 10.0. The maximum absolute atomic E-state index is 13.2. The predicted octanol–water partition coefficient (Wildman–Crippen LogP) is 5.91. The number of carbonyl (C=O) groups excluding carboxylic acids is 1. The molecule has 160 valence electrons. The third kappa shape index (κ3) is 4.59. The van der Waals surface area contributed by atoms with Gasteiger partial charge in [-0.1, -0.05) is 66.7 Å². The van der Waals surface area contributed by atoms with Crippen molar-refractivity contribution in [1.29, 1.82) is 0 Å². The van der Waals surface area contributed by atoms with Gasteiger partial charge in [-0.25, -0.2) is 0 Å². The van der Waals surface area contributed by atoms with Gasteiger partial charge in [-0.2, -0.15) is 0 Å². The Morgan fingerprint density at radius 2 is 1.66 bits per heavy atom. The van der Waals surface area contributed by atoms with Crippen LogP contribution in [0.15, 0.2) is 90.1 Å². The van der Waals surface area contributed by atoms with Gasteiger partial charge in [0.1, 0.15) is 17.5 Å². The fraction of sp³-hybridized carbons (Fsp3) is 0.115. The minimum atomic E-state index is -0.704. The molecule has 0 aliphatic heterocycles. The lowest BCUT2D eigenvalue weighted by Gasteiger charge is -2.21. The number of phenols is 1. The fourth-order valence-electron chi connectivity index (χ4n) is 3.73. The highest BCUT2D eigenvalue weighted by atomic mass is 16.3. The average molecular weight is 425 g/mol. The van der Waals surface area contributed by atoms with Crippen molar-refractivity contribution in [2.45, 2.75) is 19.4 Å². The van der Waals surface area contributed by atoms with Gasteiger partial charge in [-0.05, 0) is 41.4 Å². The Morgan fingerprint density at radius 1 is 0.938 bits per heavy atom. The highest BCUT2D eigenvalue weighted by molar-refractivity contribution is 6.02. The fourth-order valence-corrected chi connectivity index (χ4v) is 3.73. The molecule has 0 heterocycles. The Morgan fingerprint density at radius 3 is 2.38 bits per heavy atom. The molecule has 3 N–H and O–H groups in total. The first-order valence-corrected chi connectivity index (χ1v) is 10.3. The van der Waals surface area contributed by atoms with Crippen LogP contribution in [0.1, 0.15) is 11.1 Å². The van der Waals surface area contributed by atoms with Crippen LogP contribution in [0.4, 0.5) is 17.1 Å². The van der Waals surface area contributed by atoms with E-state index >= 15 is 0 Å². The molecule has 4 aromatic rings. The number of anilines is 2. The number of hydrogen-bond donors (Lipinski definition) is 3. The third-order valence-electron chi connectivity index (χ3n) is 5.31. The van der Waals surface area contributed by atoms with E-state index in [1.54, 1.807) is 24.3 Å². The van der Waals surface area contributed by atoms with Crippen molar-refractivity contribution in [3.8, 4) is 5.75 Å². The quantitative estimate of drug-likeness (QED) is 0.253. The molecule has 1 atom stereocenters. The smallest absolute Gasteiger partial charge is 0.247 e. The van der Waals surface area contributed by atoms with Crippen molar-refractivity contribution in [3.63, 3.8) is 0 Å². The zero-order chi connectivity index (χ0) is 22.5. The molecule has 1 amide bonds. The summed E-state index contributed by atoms with van der Waals surface area (Å²) < 4.78 is 0. The van der Waals surface area contributed by atoms with Crippen LogP contribution < -0.4 is 10.6 Å². The summed E-state index contributed by atoms with van der Waals surface area (Å²) in [5.74, 6) is -0.290. The number of aryl methyl sites for hydroxylation is 1. The van der Waals surface area contributed by atoms with Gasteiger partial charge in [0.25, 0.3) is 0 Å². The number of carbonyl (C=O) groups is 1. The summed E-state index contributed by atoms with van der Waals surface area (Å²) in [5.41, 5.74) is 3.15. The van der Waals surface area contributed by atoms with Crippen molar-refractivity contribution < 1.29 is 9.90 Å². The van der Waals surface area contributed by atoms with E-state index in [1.807, 2.05) is 61.5 Å². The van der Waals surface area contributed by atoms with Gasteiger partial charge >= 0.3 is 0 Å². The molecule has 4 rings (SSSR count). The zero-order valence-corrected chi connectivity index (χ0v) is 17.6. The van der Waals surface area contributed by atoms with Crippen molar-refractivity contribution in [3.05, 3.63) is 101 Å². The molecule has 0 saturated heterocycles. The summed E-state index contributed by atoms with van der Waals surface area (Å²) in [4.78, 5) is 24.7. The van der Waals surface area contributed by atoms with Crippen LogP contribution in [0, 0.1) is 11.8 Å². The first-order chi connectivity index (χ1) is 15.5. The second-order valence-electron chi connectivity index (χ2n) is 7.67. The molecule has 0 aliphatic rings. The van der Waals surface area contributed by atoms with Crippen LogP contribution in [0.3, 0.4) is 0 Å². The highest BCUT2D eigenvalue weighted by Crippen LogP contribution is 2.39. The molecule has 4 aromatic carbocycles. The summed E-state index contributed by atoms with van der Waals surface area (Å²) >= 11 is 0. The topological polar surface area (TPSA) is 90.8 Å². The number of amides is 1. The monoisotopic (exact) mass is 425 g/mol. The number of phenolic OH excluding ortho intramolecular Hbond substituents is 1. The molecule has 0 aliphatic carbocycles. The van der Waals surface area contributed by atoms with E-state index in [1.165, 1.54) is 6.07 Å². The van der Waals surface area contributed by atoms with E-state index in [-0.39, 0.29) is 23.0 Å². The average Bonchev–Trinajstić information content (AvgIpc) is 2.81. The number of fused-ring (bicyclic) bond motifs is 1. The van der Waals surface area contributed by atoms with E-state index in [9.17, 15) is 14.8 Å². The number of nitrogens with one attached hydrogen (secondary N) is 2. The highest BCUT2D eigenvalue weighted by Gasteiger charge is 2.22. The Balaban J connectivity index is 1.69. The SMILES string of the molecule is Cc1cccc(NC(=O)C(Cc2ccccc2)Nc2cc(N=O)c3ccccc3c2O)c1. The molecule has 6 heteroatoms. The standard InChI is InChI=1S/C26H23N3O3/c1-17-8-7-11-19(14-17)27-26(31)24(15-18-9-3-2-4-10-18)28-23-16-22(29-32)20-12-5-6-13-21(20)25(23)30/h2-14,16,24,28,30H,15H2,1H3,(H,27,31). The van der Waals surface area contributed by atoms with Crippen LogP contribution in [-0.2, 0) is 11.2 Å². The molecule has 6 nitrogen and oxygen atoms in total. The molecule has 0 aromatic heterocycles. The lowest BCUT2D eigenvalue weighted by Crippen LogP contribution is -2.36. The van der Waals surface area contributed by atoms with Crippen LogP contribution in [0.2, 0.25) is 0 Å². The van der Waals surface area contributed by atoms with Crippen molar-refractivity contribution in [1.82, 2.24) is 0 Å². The summed E-state index contributed by atoms with van der Waals surface area (Å²) in [6, 6.07) is 24.9. The van der Waals surface area contributed by atoms with Crippen LogP contribution in [0.25, 0.3) is 10.8 Å². The molecule has 0 saturated carbocycles. The molecular weight excluding hydrogens is 402 g/mol. The molecule has 1 unspecified atom stereocenters. The Hall–Kier alpha value is -4.19. The Kier molecular flexibility index (Phi) is 6.12. The van der Waals surface area contributed by atoms with Crippen molar-refractivity contribution in [2.75, 3.05) is 10.6 Å². The maximum Gasteiger partial charge on any atom is 0.247 e. The van der Waals surface area contributed by atoms with E-state index in [2.05, 4.69) is 15.8 Å². The van der Waals surface area contributed by atoms with Gasteiger partial charge in [0.15, 0.2) is 0 Å². The summed E-state index contributed by atoms with van der Waals surface area (Å²) in [5, 5.41) is 21.1. The van der Waals surface area contributed by atoms with E-state index in [4.69, 9.17) is 0 Å².